The Labute approximate surface area is 131 Å². The Balaban J connectivity index is 1.81. The highest BCUT2D eigenvalue weighted by molar-refractivity contribution is 5.96. The van der Waals surface area contributed by atoms with Crippen LogP contribution in [-0.4, -0.2) is 48.9 Å². The van der Waals surface area contributed by atoms with Crippen LogP contribution in [0.2, 0.25) is 0 Å². The third-order valence-electron chi connectivity index (χ3n) is 4.24. The van der Waals surface area contributed by atoms with Gasteiger partial charge in [-0.15, -0.1) is 0 Å². The molecule has 1 amide bonds. The molecular weight excluding hydrogens is 276 g/mol. The fraction of sp³-hybridized carbons (Fsp3) is 0.389. The Morgan fingerprint density at radius 1 is 1.23 bits per heavy atom. The zero-order valence-corrected chi connectivity index (χ0v) is 13.2. The lowest BCUT2D eigenvalue weighted by atomic mass is 10.1. The molecule has 0 spiro atoms. The van der Waals surface area contributed by atoms with E-state index in [-0.39, 0.29) is 5.91 Å². The van der Waals surface area contributed by atoms with Crippen LogP contribution < -0.4 is 0 Å². The Morgan fingerprint density at radius 2 is 1.95 bits per heavy atom. The molecule has 22 heavy (non-hydrogen) atoms. The molecule has 1 aliphatic heterocycles. The molecule has 0 N–H and O–H groups in total. The van der Waals surface area contributed by atoms with Crippen molar-refractivity contribution in [1.29, 1.82) is 0 Å². The van der Waals surface area contributed by atoms with E-state index < -0.39 is 0 Å². The maximum absolute atomic E-state index is 12.3. The van der Waals surface area contributed by atoms with E-state index in [0.29, 0.717) is 0 Å². The zero-order chi connectivity index (χ0) is 15.5. The van der Waals surface area contributed by atoms with Gasteiger partial charge in [-0.1, -0.05) is 25.1 Å². The van der Waals surface area contributed by atoms with E-state index in [1.54, 1.807) is 6.08 Å². The number of carbonyl (C=O) groups is 1. The van der Waals surface area contributed by atoms with Crippen molar-refractivity contribution < 1.29 is 9.21 Å². The Morgan fingerprint density at radius 3 is 2.68 bits per heavy atom. The number of nitrogens with zero attached hydrogens (tertiary/aromatic N) is 2. The Kier molecular flexibility index (Phi) is 4.29. The van der Waals surface area contributed by atoms with Gasteiger partial charge in [-0.05, 0) is 19.2 Å². The number of hydrogen-bond acceptors (Lipinski definition) is 3. The topological polar surface area (TPSA) is 36.7 Å². The molecule has 0 unspecified atom stereocenters. The highest BCUT2D eigenvalue weighted by Gasteiger charge is 2.17. The smallest absolute Gasteiger partial charge is 0.246 e. The molecular formula is C18H22N2O2. The number of hydrogen-bond donors (Lipinski definition) is 0. The molecule has 0 bridgehead atoms. The first kappa shape index (κ1) is 14.9. The normalized spacial score (nSPS) is 16.7. The van der Waals surface area contributed by atoms with Crippen molar-refractivity contribution >= 4 is 23.0 Å². The van der Waals surface area contributed by atoms with E-state index in [4.69, 9.17) is 4.42 Å². The molecule has 116 valence electrons. The fourth-order valence-corrected chi connectivity index (χ4v) is 2.85. The van der Waals surface area contributed by atoms with Gasteiger partial charge in [0.2, 0.25) is 5.91 Å². The summed E-state index contributed by atoms with van der Waals surface area (Å²) < 4.78 is 5.86. The van der Waals surface area contributed by atoms with Crippen molar-refractivity contribution in [1.82, 2.24) is 9.80 Å². The lowest BCUT2D eigenvalue weighted by molar-refractivity contribution is -0.127. The van der Waals surface area contributed by atoms with Gasteiger partial charge in [0.1, 0.15) is 11.3 Å². The van der Waals surface area contributed by atoms with Crippen LogP contribution in [0.15, 0.2) is 34.8 Å². The predicted octanol–water partition coefficient (Wildman–Crippen LogP) is 2.78. The molecule has 1 fully saturated rings. The molecule has 1 aromatic heterocycles. The number of fused-ring (bicyclic) bond motifs is 1. The number of amides is 1. The van der Waals surface area contributed by atoms with E-state index in [2.05, 4.69) is 18.9 Å². The van der Waals surface area contributed by atoms with E-state index in [9.17, 15) is 4.79 Å². The van der Waals surface area contributed by atoms with E-state index in [1.807, 2.05) is 35.2 Å². The molecule has 3 rings (SSSR count). The van der Waals surface area contributed by atoms with Crippen LogP contribution in [0.4, 0.5) is 0 Å². The van der Waals surface area contributed by atoms with Gasteiger partial charge in [0, 0.05) is 49.6 Å². The molecule has 2 heterocycles. The molecule has 0 atom stereocenters. The molecule has 2 aromatic rings. The Hall–Kier alpha value is -2.07. The van der Waals surface area contributed by atoms with Crippen LogP contribution in [0, 0.1) is 0 Å². The summed E-state index contributed by atoms with van der Waals surface area (Å²) in [6.45, 7) is 5.54. The van der Waals surface area contributed by atoms with Crippen molar-refractivity contribution in [2.24, 2.45) is 0 Å². The van der Waals surface area contributed by atoms with Crippen molar-refractivity contribution in [3.63, 3.8) is 0 Å². The third-order valence-corrected chi connectivity index (χ3v) is 4.24. The first-order valence-electron chi connectivity index (χ1n) is 7.85. The summed E-state index contributed by atoms with van der Waals surface area (Å²) in [7, 11) is 2.09. The van der Waals surface area contributed by atoms with Gasteiger partial charge in [0.15, 0.2) is 0 Å². The second-order valence-electron chi connectivity index (χ2n) is 5.75. The number of benzene rings is 1. The van der Waals surface area contributed by atoms with Gasteiger partial charge in [-0.3, -0.25) is 4.79 Å². The zero-order valence-electron chi connectivity index (χ0n) is 13.2. The van der Waals surface area contributed by atoms with Crippen LogP contribution in [0.25, 0.3) is 17.0 Å². The van der Waals surface area contributed by atoms with Gasteiger partial charge in [0.25, 0.3) is 0 Å². The van der Waals surface area contributed by atoms with Gasteiger partial charge in [-0.25, -0.2) is 0 Å². The second-order valence-corrected chi connectivity index (χ2v) is 5.75. The standard InChI is InChI=1S/C18H22N2O2/c1-3-16-15(14-6-4-5-7-17(14)22-16)8-9-18(21)20-12-10-19(2)11-13-20/h4-9H,3,10-13H2,1-2H3/b9-8+. The number of rotatable bonds is 3. The van der Waals surface area contributed by atoms with Crippen molar-refractivity contribution in [3.8, 4) is 0 Å². The summed E-state index contributed by atoms with van der Waals surface area (Å²) in [5.41, 5.74) is 1.91. The SMILES string of the molecule is CCc1oc2ccccc2c1/C=C/C(=O)N1CCN(C)CC1. The van der Waals surface area contributed by atoms with Crippen LogP contribution >= 0.6 is 0 Å². The number of carbonyl (C=O) groups excluding carboxylic acids is 1. The Bertz CT molecular complexity index is 694. The third kappa shape index (κ3) is 2.92. The fourth-order valence-electron chi connectivity index (χ4n) is 2.85. The summed E-state index contributed by atoms with van der Waals surface area (Å²) in [5.74, 6) is 1.02. The summed E-state index contributed by atoms with van der Waals surface area (Å²) >= 11 is 0. The lowest BCUT2D eigenvalue weighted by Gasteiger charge is -2.31. The average molecular weight is 298 g/mol. The van der Waals surface area contributed by atoms with Gasteiger partial charge in [-0.2, -0.15) is 0 Å². The number of para-hydroxylation sites is 1. The van der Waals surface area contributed by atoms with Crippen LogP contribution in [0.3, 0.4) is 0 Å². The molecule has 1 aliphatic rings. The molecule has 1 saturated heterocycles. The van der Waals surface area contributed by atoms with Crippen LogP contribution in [-0.2, 0) is 11.2 Å². The molecule has 0 radical (unpaired) electrons. The van der Waals surface area contributed by atoms with E-state index >= 15 is 0 Å². The van der Waals surface area contributed by atoms with Crippen LogP contribution in [0.1, 0.15) is 18.2 Å². The quantitative estimate of drug-likeness (QED) is 0.818. The largest absolute Gasteiger partial charge is 0.460 e. The molecule has 4 nitrogen and oxygen atoms in total. The van der Waals surface area contributed by atoms with Crippen molar-refractivity contribution in [3.05, 3.63) is 41.7 Å². The van der Waals surface area contributed by atoms with Crippen molar-refractivity contribution in [2.75, 3.05) is 33.2 Å². The summed E-state index contributed by atoms with van der Waals surface area (Å²) in [6.07, 6.45) is 4.41. The number of furan rings is 1. The van der Waals surface area contributed by atoms with Gasteiger partial charge in [0.05, 0.1) is 0 Å². The average Bonchev–Trinajstić information content (AvgIpc) is 2.91. The van der Waals surface area contributed by atoms with Gasteiger partial charge < -0.3 is 14.2 Å². The van der Waals surface area contributed by atoms with E-state index in [1.165, 1.54) is 0 Å². The minimum absolute atomic E-state index is 0.0837. The number of piperazine rings is 1. The van der Waals surface area contributed by atoms with E-state index in [0.717, 1.165) is 54.9 Å². The summed E-state index contributed by atoms with van der Waals surface area (Å²) in [5, 5.41) is 1.07. The predicted molar refractivity (Wildman–Crippen MR) is 88.7 cm³/mol. The van der Waals surface area contributed by atoms with Crippen molar-refractivity contribution in [2.45, 2.75) is 13.3 Å². The second kappa shape index (κ2) is 6.36. The molecule has 0 aliphatic carbocycles. The summed E-state index contributed by atoms with van der Waals surface area (Å²) in [6, 6.07) is 7.97. The first-order valence-corrected chi connectivity index (χ1v) is 7.85. The number of likely N-dealkylation sites (N-methyl/N-ethyl adjacent to an activating group) is 1. The minimum Gasteiger partial charge on any atom is -0.460 e. The summed E-state index contributed by atoms with van der Waals surface area (Å²) in [4.78, 5) is 16.5. The maximum atomic E-state index is 12.3. The molecule has 0 saturated carbocycles. The minimum atomic E-state index is 0.0837. The number of aryl methyl sites for hydroxylation is 1. The highest BCUT2D eigenvalue weighted by Crippen LogP contribution is 2.27. The first-order chi connectivity index (χ1) is 10.7. The van der Waals surface area contributed by atoms with Crippen LogP contribution in [0.5, 0.6) is 0 Å². The molecule has 4 heteroatoms. The van der Waals surface area contributed by atoms with Gasteiger partial charge >= 0.3 is 0 Å². The lowest BCUT2D eigenvalue weighted by Crippen LogP contribution is -2.46. The monoisotopic (exact) mass is 298 g/mol. The molecule has 1 aromatic carbocycles. The highest BCUT2D eigenvalue weighted by atomic mass is 16.3. The maximum Gasteiger partial charge on any atom is 0.246 e.